The molecule has 5 nitrogen and oxygen atoms in total. The van der Waals surface area contributed by atoms with Crippen LogP contribution in [0.2, 0.25) is 0 Å². The fourth-order valence-corrected chi connectivity index (χ4v) is 5.64. The van der Waals surface area contributed by atoms with E-state index in [4.69, 9.17) is 27.4 Å². The lowest BCUT2D eigenvalue weighted by atomic mass is 10.00. The van der Waals surface area contributed by atoms with Crippen molar-refractivity contribution in [3.8, 4) is 5.75 Å². The predicted octanol–water partition coefficient (Wildman–Crippen LogP) is 1.51. The van der Waals surface area contributed by atoms with Crippen molar-refractivity contribution < 1.29 is 17.9 Å². The number of hydrogen-bond donors (Lipinski definition) is 1. The number of nitrogens with two attached hydrogens (primary N) is 1. The molecule has 0 radical (unpaired) electrons. The molecule has 1 aromatic rings. The normalized spacial score (nSPS) is 27.4. The summed E-state index contributed by atoms with van der Waals surface area (Å²) in [7, 11) is -0.181. The number of benzene rings is 1. The van der Waals surface area contributed by atoms with Gasteiger partial charge in [-0.1, -0.05) is 31.3 Å². The van der Waals surface area contributed by atoms with Crippen molar-refractivity contribution in [3.05, 3.63) is 29.8 Å². The molecule has 2 rings (SSSR count). The third-order valence-corrected chi connectivity index (χ3v) is 7.01. The number of ether oxygens (including phenoxy) is 2. The van der Waals surface area contributed by atoms with Crippen molar-refractivity contribution >= 4 is 27.0 Å². The van der Waals surface area contributed by atoms with Crippen molar-refractivity contribution in [1.82, 2.24) is 0 Å². The minimum absolute atomic E-state index is 0.0540. The molecule has 0 amide bonds. The van der Waals surface area contributed by atoms with E-state index in [0.717, 1.165) is 5.56 Å². The molecule has 122 valence electrons. The molecule has 1 saturated carbocycles. The summed E-state index contributed by atoms with van der Waals surface area (Å²) in [5, 5.41) is -0.629. The van der Waals surface area contributed by atoms with Crippen LogP contribution in [-0.2, 0) is 14.6 Å². The van der Waals surface area contributed by atoms with Crippen molar-refractivity contribution in [2.75, 3.05) is 26.6 Å². The van der Waals surface area contributed by atoms with Gasteiger partial charge in [0.25, 0.3) is 0 Å². The van der Waals surface area contributed by atoms with E-state index in [-0.39, 0.29) is 23.3 Å². The number of hydrogen-bond acceptors (Lipinski definition) is 5. The smallest absolute Gasteiger partial charge is 0.154 e. The zero-order valence-corrected chi connectivity index (χ0v) is 14.5. The number of methoxy groups -OCH3 is 2. The summed E-state index contributed by atoms with van der Waals surface area (Å²) in [6, 6.07) is 7.33. The van der Waals surface area contributed by atoms with E-state index in [9.17, 15) is 8.42 Å². The van der Waals surface area contributed by atoms with Crippen LogP contribution in [0.3, 0.4) is 0 Å². The van der Waals surface area contributed by atoms with E-state index in [1.165, 1.54) is 7.11 Å². The minimum atomic E-state index is -3.29. The van der Waals surface area contributed by atoms with Gasteiger partial charge in [0, 0.05) is 18.8 Å². The Morgan fingerprint density at radius 2 is 1.91 bits per heavy atom. The van der Waals surface area contributed by atoms with E-state index in [1.807, 2.05) is 12.1 Å². The standard InChI is InChI=1S/C15H21NO4S2/c1-4-22(17,18)13-12(15(13,9-19-2)14(16)21)10-5-7-11(20-3)8-6-10/h5-8,12-13H,4,9H2,1-3H3,(H2,16,21)/t12-,13-,15-/m1/s1. The first-order valence-electron chi connectivity index (χ1n) is 6.99. The van der Waals surface area contributed by atoms with E-state index >= 15 is 0 Å². The summed E-state index contributed by atoms with van der Waals surface area (Å²) in [4.78, 5) is 0.192. The Labute approximate surface area is 136 Å². The highest BCUT2D eigenvalue weighted by atomic mass is 32.2. The molecule has 0 spiro atoms. The predicted molar refractivity (Wildman–Crippen MR) is 90.1 cm³/mol. The Balaban J connectivity index is 2.48. The molecule has 0 unspecified atom stereocenters. The summed E-state index contributed by atoms with van der Waals surface area (Å²) in [5.41, 5.74) is 5.96. The molecule has 0 aliphatic heterocycles. The van der Waals surface area contributed by atoms with E-state index in [1.54, 1.807) is 26.2 Å². The lowest BCUT2D eigenvalue weighted by molar-refractivity contribution is 0.166. The minimum Gasteiger partial charge on any atom is -0.497 e. The number of thiocarbonyl (C=S) groups is 1. The summed E-state index contributed by atoms with van der Waals surface area (Å²) < 4.78 is 35.3. The van der Waals surface area contributed by atoms with Gasteiger partial charge < -0.3 is 15.2 Å². The van der Waals surface area contributed by atoms with Gasteiger partial charge in [-0.05, 0) is 17.7 Å². The molecule has 1 aliphatic rings. The highest BCUT2D eigenvalue weighted by molar-refractivity contribution is 7.92. The van der Waals surface area contributed by atoms with Crippen molar-refractivity contribution in [2.24, 2.45) is 11.1 Å². The first-order valence-corrected chi connectivity index (χ1v) is 9.11. The highest BCUT2D eigenvalue weighted by Gasteiger charge is 2.72. The molecule has 1 aliphatic carbocycles. The maximum Gasteiger partial charge on any atom is 0.154 e. The van der Waals surface area contributed by atoms with Gasteiger partial charge >= 0.3 is 0 Å². The van der Waals surface area contributed by atoms with Gasteiger partial charge in [0.1, 0.15) is 5.75 Å². The molecule has 2 N–H and O–H groups in total. The SMILES string of the molecule is CCS(=O)(=O)[C@@H]1[C@@H](c2ccc(OC)cc2)[C@@]1(COC)C(N)=S. The van der Waals surface area contributed by atoms with Crippen molar-refractivity contribution in [1.29, 1.82) is 0 Å². The van der Waals surface area contributed by atoms with Gasteiger partial charge in [-0.2, -0.15) is 0 Å². The van der Waals surface area contributed by atoms with E-state index < -0.39 is 20.5 Å². The van der Waals surface area contributed by atoms with Crippen LogP contribution in [0.5, 0.6) is 5.75 Å². The van der Waals surface area contributed by atoms with Crippen LogP contribution in [0.4, 0.5) is 0 Å². The number of sulfone groups is 1. The second-order valence-electron chi connectivity index (χ2n) is 5.46. The molecule has 0 heterocycles. The summed E-state index contributed by atoms with van der Waals surface area (Å²) in [5.74, 6) is 0.492. The quantitative estimate of drug-likeness (QED) is 0.756. The Bertz CT molecular complexity index is 657. The third-order valence-electron chi connectivity index (χ3n) is 4.36. The maximum atomic E-state index is 12.5. The second-order valence-corrected chi connectivity index (χ2v) is 8.31. The fraction of sp³-hybridized carbons (Fsp3) is 0.533. The first kappa shape index (κ1) is 17.2. The average molecular weight is 343 g/mol. The van der Waals surface area contributed by atoms with Crippen LogP contribution < -0.4 is 10.5 Å². The summed E-state index contributed by atoms with van der Waals surface area (Å²) in [6.07, 6.45) is 0. The molecule has 0 aromatic heterocycles. The molecule has 3 atom stereocenters. The zero-order chi connectivity index (χ0) is 16.5. The topological polar surface area (TPSA) is 78.6 Å². The molecular formula is C15H21NO4S2. The first-order chi connectivity index (χ1) is 10.3. The van der Waals surface area contributed by atoms with E-state index in [2.05, 4.69) is 0 Å². The fourth-order valence-electron chi connectivity index (χ4n) is 3.17. The number of rotatable bonds is 7. The average Bonchev–Trinajstić information content (AvgIpc) is 3.19. The molecule has 0 bridgehead atoms. The Kier molecular flexibility index (Phi) is 4.79. The van der Waals surface area contributed by atoms with Gasteiger partial charge in [-0.15, -0.1) is 0 Å². The van der Waals surface area contributed by atoms with Gasteiger partial charge in [0.2, 0.25) is 0 Å². The molecule has 0 saturated heterocycles. The molecular weight excluding hydrogens is 322 g/mol. The van der Waals surface area contributed by atoms with Gasteiger partial charge in [0.05, 0.1) is 29.4 Å². The Morgan fingerprint density at radius 1 is 1.32 bits per heavy atom. The third kappa shape index (κ3) is 2.61. The monoisotopic (exact) mass is 343 g/mol. The van der Waals surface area contributed by atoms with Crippen LogP contribution >= 0.6 is 12.2 Å². The summed E-state index contributed by atoms with van der Waals surface area (Å²) >= 11 is 5.19. The lowest BCUT2D eigenvalue weighted by Crippen LogP contribution is -2.33. The van der Waals surface area contributed by atoms with Crippen LogP contribution in [0.25, 0.3) is 0 Å². The highest BCUT2D eigenvalue weighted by Crippen LogP contribution is 2.63. The van der Waals surface area contributed by atoms with Crippen LogP contribution in [-0.4, -0.2) is 45.2 Å². The van der Waals surface area contributed by atoms with E-state index in [0.29, 0.717) is 5.75 Å². The molecule has 22 heavy (non-hydrogen) atoms. The van der Waals surface area contributed by atoms with Gasteiger partial charge in [0.15, 0.2) is 9.84 Å². The maximum absolute atomic E-state index is 12.5. The van der Waals surface area contributed by atoms with Gasteiger partial charge in [-0.3, -0.25) is 0 Å². The van der Waals surface area contributed by atoms with Gasteiger partial charge in [-0.25, -0.2) is 8.42 Å². The lowest BCUT2D eigenvalue weighted by Gasteiger charge is -2.15. The van der Waals surface area contributed by atoms with Crippen molar-refractivity contribution in [3.63, 3.8) is 0 Å². The van der Waals surface area contributed by atoms with Crippen molar-refractivity contribution in [2.45, 2.75) is 18.1 Å². The zero-order valence-electron chi connectivity index (χ0n) is 12.9. The second kappa shape index (κ2) is 6.14. The molecule has 1 aromatic carbocycles. The molecule has 1 fully saturated rings. The van der Waals surface area contributed by atoms with Crippen LogP contribution in [0.1, 0.15) is 18.4 Å². The molecule has 7 heteroatoms. The largest absolute Gasteiger partial charge is 0.497 e. The Hall–Kier alpha value is -1.18. The summed E-state index contributed by atoms with van der Waals surface area (Å²) in [6.45, 7) is 1.83. The van der Waals surface area contributed by atoms with Crippen LogP contribution in [0.15, 0.2) is 24.3 Å². The Morgan fingerprint density at radius 3 is 2.32 bits per heavy atom. The van der Waals surface area contributed by atoms with Crippen LogP contribution in [0, 0.1) is 5.41 Å².